The van der Waals surface area contributed by atoms with Gasteiger partial charge in [0, 0.05) is 30.9 Å². The van der Waals surface area contributed by atoms with Gasteiger partial charge in [0.05, 0.1) is 0 Å². The molecule has 0 aliphatic carbocycles. The molecule has 0 radical (unpaired) electrons. The van der Waals surface area contributed by atoms with Gasteiger partial charge in [-0.2, -0.15) is 0 Å². The average Bonchev–Trinajstić information content (AvgIpc) is 2.45. The summed E-state index contributed by atoms with van der Waals surface area (Å²) in [5, 5.41) is 7.07. The lowest BCUT2D eigenvalue weighted by Crippen LogP contribution is -2.41. The van der Waals surface area contributed by atoms with Gasteiger partial charge in [0.2, 0.25) is 0 Å². The van der Waals surface area contributed by atoms with Crippen LogP contribution in [0.25, 0.3) is 0 Å². The summed E-state index contributed by atoms with van der Waals surface area (Å²) < 4.78 is 5.47. The zero-order valence-corrected chi connectivity index (χ0v) is 13.7. The molecule has 1 aromatic rings. The topological polar surface area (TPSA) is 59.1 Å². The van der Waals surface area contributed by atoms with Crippen LogP contribution in [0.2, 0.25) is 0 Å². The zero-order chi connectivity index (χ0) is 15.3. The monoisotopic (exact) mass is 292 g/mol. The van der Waals surface area contributed by atoms with Crippen LogP contribution >= 0.6 is 0 Å². The second-order valence-corrected chi connectivity index (χ2v) is 6.36. The third-order valence-corrected chi connectivity index (χ3v) is 4.02. The number of aromatic nitrogens is 2. The number of hydrogen-bond acceptors (Lipinski definition) is 5. The maximum absolute atomic E-state index is 5.47. The van der Waals surface area contributed by atoms with Gasteiger partial charge in [0.15, 0.2) is 0 Å². The van der Waals surface area contributed by atoms with E-state index in [1.807, 2.05) is 0 Å². The number of hydrogen-bond donors (Lipinski definition) is 2. The number of rotatable bonds is 6. The predicted octanol–water partition coefficient (Wildman–Crippen LogP) is 3.40. The van der Waals surface area contributed by atoms with Crippen LogP contribution in [0.4, 0.5) is 11.6 Å². The van der Waals surface area contributed by atoms with Gasteiger partial charge in [-0.25, -0.2) is 9.97 Å². The Hall–Kier alpha value is -1.36. The Morgan fingerprint density at radius 1 is 1.24 bits per heavy atom. The third kappa shape index (κ3) is 4.06. The Bertz CT molecular complexity index is 456. The summed E-state index contributed by atoms with van der Waals surface area (Å²) in [5.41, 5.74) is 1.23. The van der Waals surface area contributed by atoms with Crippen molar-refractivity contribution in [3.8, 4) is 0 Å². The van der Waals surface area contributed by atoms with Crippen molar-refractivity contribution in [2.75, 3.05) is 30.4 Å². The van der Waals surface area contributed by atoms with Crippen molar-refractivity contribution in [3.63, 3.8) is 0 Å². The van der Waals surface area contributed by atoms with E-state index in [1.165, 1.54) is 5.56 Å². The van der Waals surface area contributed by atoms with Crippen LogP contribution in [-0.4, -0.2) is 35.3 Å². The van der Waals surface area contributed by atoms with Gasteiger partial charge in [-0.1, -0.05) is 20.8 Å². The first-order valence-corrected chi connectivity index (χ1v) is 8.00. The first kappa shape index (κ1) is 16.0. The highest BCUT2D eigenvalue weighted by Gasteiger charge is 2.29. The van der Waals surface area contributed by atoms with Crippen LogP contribution in [0.5, 0.6) is 0 Å². The van der Waals surface area contributed by atoms with E-state index in [0.717, 1.165) is 50.7 Å². The van der Waals surface area contributed by atoms with Crippen LogP contribution in [-0.2, 0) is 4.74 Å². The van der Waals surface area contributed by atoms with E-state index in [0.29, 0.717) is 5.92 Å². The molecule has 0 amide bonds. The Morgan fingerprint density at radius 3 is 2.52 bits per heavy atom. The fraction of sp³-hybridized carbons (Fsp3) is 0.750. The van der Waals surface area contributed by atoms with Crippen molar-refractivity contribution in [1.29, 1.82) is 0 Å². The number of nitrogens with zero attached hydrogens (tertiary/aromatic N) is 2. The molecule has 1 saturated heterocycles. The summed E-state index contributed by atoms with van der Waals surface area (Å²) in [6.07, 6.45) is 4.74. The maximum Gasteiger partial charge on any atom is 0.135 e. The SMILES string of the molecule is CCCNc1ncnc(NC2(C)CCOCC2)c1C(C)C. The summed E-state index contributed by atoms with van der Waals surface area (Å²) in [6.45, 7) is 11.3. The normalized spacial score (nSPS) is 17.8. The summed E-state index contributed by atoms with van der Waals surface area (Å²) in [7, 11) is 0. The van der Waals surface area contributed by atoms with E-state index in [2.05, 4.69) is 48.3 Å². The first-order valence-electron chi connectivity index (χ1n) is 8.00. The fourth-order valence-corrected chi connectivity index (χ4v) is 2.66. The molecule has 1 aliphatic rings. The minimum atomic E-state index is 0.0538. The number of nitrogens with one attached hydrogen (secondary N) is 2. The molecule has 1 aliphatic heterocycles. The van der Waals surface area contributed by atoms with Crippen molar-refractivity contribution < 1.29 is 4.74 Å². The first-order chi connectivity index (χ1) is 10.1. The van der Waals surface area contributed by atoms with Crippen LogP contribution < -0.4 is 10.6 Å². The van der Waals surface area contributed by atoms with Gasteiger partial charge in [-0.05, 0) is 32.1 Å². The van der Waals surface area contributed by atoms with Crippen molar-refractivity contribution in [2.45, 2.75) is 58.4 Å². The maximum atomic E-state index is 5.47. The van der Waals surface area contributed by atoms with Gasteiger partial charge in [-0.15, -0.1) is 0 Å². The Labute approximate surface area is 127 Å². The average molecular weight is 292 g/mol. The standard InChI is InChI=1S/C16H28N4O/c1-5-8-17-14-13(12(2)3)15(19-11-18-14)20-16(4)6-9-21-10-7-16/h11-12H,5-10H2,1-4H3,(H2,17,18,19,20). The van der Waals surface area contributed by atoms with Crippen molar-refractivity contribution in [2.24, 2.45) is 0 Å². The molecule has 1 fully saturated rings. The molecular weight excluding hydrogens is 264 g/mol. The molecule has 1 aromatic heterocycles. The molecule has 0 aromatic carbocycles. The minimum Gasteiger partial charge on any atom is -0.381 e. The van der Waals surface area contributed by atoms with E-state index >= 15 is 0 Å². The Balaban J connectivity index is 2.25. The molecule has 21 heavy (non-hydrogen) atoms. The van der Waals surface area contributed by atoms with E-state index < -0.39 is 0 Å². The molecule has 0 saturated carbocycles. The fourth-order valence-electron chi connectivity index (χ4n) is 2.66. The van der Waals surface area contributed by atoms with Crippen LogP contribution in [0.1, 0.15) is 58.4 Å². The second kappa shape index (κ2) is 7.07. The molecule has 0 atom stereocenters. The van der Waals surface area contributed by atoms with Gasteiger partial charge in [-0.3, -0.25) is 0 Å². The second-order valence-electron chi connectivity index (χ2n) is 6.36. The molecule has 2 N–H and O–H groups in total. The lowest BCUT2D eigenvalue weighted by molar-refractivity contribution is 0.0657. The largest absolute Gasteiger partial charge is 0.381 e. The smallest absolute Gasteiger partial charge is 0.135 e. The molecule has 2 heterocycles. The van der Waals surface area contributed by atoms with Gasteiger partial charge < -0.3 is 15.4 Å². The number of anilines is 2. The van der Waals surface area contributed by atoms with Crippen molar-refractivity contribution in [1.82, 2.24) is 9.97 Å². The molecular formula is C16H28N4O. The Kier molecular flexibility index (Phi) is 5.39. The summed E-state index contributed by atoms with van der Waals surface area (Å²) >= 11 is 0. The molecule has 5 nitrogen and oxygen atoms in total. The Morgan fingerprint density at radius 2 is 1.90 bits per heavy atom. The highest BCUT2D eigenvalue weighted by molar-refractivity contribution is 5.59. The molecule has 118 valence electrons. The van der Waals surface area contributed by atoms with Crippen LogP contribution in [0.15, 0.2) is 6.33 Å². The number of ether oxygens (including phenoxy) is 1. The minimum absolute atomic E-state index is 0.0538. The molecule has 5 heteroatoms. The zero-order valence-electron chi connectivity index (χ0n) is 13.7. The van der Waals surface area contributed by atoms with E-state index in [1.54, 1.807) is 6.33 Å². The van der Waals surface area contributed by atoms with E-state index in [9.17, 15) is 0 Å². The predicted molar refractivity (Wildman–Crippen MR) is 87.0 cm³/mol. The van der Waals surface area contributed by atoms with Gasteiger partial charge in [0.1, 0.15) is 18.0 Å². The third-order valence-electron chi connectivity index (χ3n) is 4.02. The van der Waals surface area contributed by atoms with Crippen LogP contribution in [0, 0.1) is 0 Å². The summed E-state index contributed by atoms with van der Waals surface area (Å²) in [5.74, 6) is 2.29. The summed E-state index contributed by atoms with van der Waals surface area (Å²) in [6, 6.07) is 0. The highest BCUT2D eigenvalue weighted by atomic mass is 16.5. The van der Waals surface area contributed by atoms with E-state index in [4.69, 9.17) is 4.74 Å². The summed E-state index contributed by atoms with van der Waals surface area (Å²) in [4.78, 5) is 8.93. The van der Waals surface area contributed by atoms with Crippen LogP contribution in [0.3, 0.4) is 0 Å². The highest BCUT2D eigenvalue weighted by Crippen LogP contribution is 2.32. The van der Waals surface area contributed by atoms with E-state index in [-0.39, 0.29) is 5.54 Å². The molecule has 2 rings (SSSR count). The van der Waals surface area contributed by atoms with Crippen molar-refractivity contribution in [3.05, 3.63) is 11.9 Å². The lowest BCUT2D eigenvalue weighted by Gasteiger charge is -2.36. The van der Waals surface area contributed by atoms with Gasteiger partial charge >= 0.3 is 0 Å². The molecule has 0 unspecified atom stereocenters. The lowest BCUT2D eigenvalue weighted by atomic mass is 9.91. The molecule has 0 spiro atoms. The quantitative estimate of drug-likeness (QED) is 0.841. The van der Waals surface area contributed by atoms with Gasteiger partial charge in [0.25, 0.3) is 0 Å². The molecule has 0 bridgehead atoms. The van der Waals surface area contributed by atoms with Crippen molar-refractivity contribution >= 4 is 11.6 Å².